The number of guanidine groups is 1. The first-order valence-electron chi connectivity index (χ1n) is 10.5. The lowest BCUT2D eigenvalue weighted by molar-refractivity contribution is 0.0657. The minimum Gasteiger partial charge on any atom is -0.378 e. The van der Waals surface area contributed by atoms with Crippen LogP contribution in [0.4, 0.5) is 11.4 Å². The van der Waals surface area contributed by atoms with Crippen LogP contribution in [0.1, 0.15) is 5.56 Å². The number of aryl methyl sites for hydroxylation is 1. The lowest BCUT2D eigenvalue weighted by atomic mass is 10.2. The minimum atomic E-state index is 0.606. The van der Waals surface area contributed by atoms with E-state index < -0.39 is 0 Å². The van der Waals surface area contributed by atoms with Gasteiger partial charge in [-0.15, -0.1) is 0 Å². The Bertz CT molecular complexity index is 925. The molecular weight excluding hydrogens is 432 g/mol. The summed E-state index contributed by atoms with van der Waals surface area (Å²) in [5, 5.41) is 1.32. The highest BCUT2D eigenvalue weighted by Crippen LogP contribution is 2.27. The molecule has 2 saturated heterocycles. The summed E-state index contributed by atoms with van der Waals surface area (Å²) >= 11 is 12.5. The normalized spacial score (nSPS) is 17.5. The zero-order chi connectivity index (χ0) is 21.6. The van der Waals surface area contributed by atoms with Crippen molar-refractivity contribution < 1.29 is 9.47 Å². The molecule has 8 heteroatoms. The van der Waals surface area contributed by atoms with Crippen LogP contribution < -0.4 is 4.90 Å². The van der Waals surface area contributed by atoms with Gasteiger partial charge in [0.15, 0.2) is 5.11 Å². The SMILES string of the molecule is Cc1ccc(N(C(=S)N2CCOCC2)C(=Nc2ccccc2Cl)N2CCOCC2)cc1. The molecule has 2 fully saturated rings. The van der Waals surface area contributed by atoms with E-state index in [2.05, 4.69) is 45.9 Å². The van der Waals surface area contributed by atoms with Crippen molar-refractivity contribution in [3.8, 4) is 0 Å². The van der Waals surface area contributed by atoms with E-state index in [0.717, 1.165) is 37.8 Å². The predicted molar refractivity (Wildman–Crippen MR) is 130 cm³/mol. The zero-order valence-corrected chi connectivity index (χ0v) is 19.2. The maximum atomic E-state index is 6.48. The summed E-state index contributed by atoms with van der Waals surface area (Å²) in [6.45, 7) is 7.67. The maximum absolute atomic E-state index is 6.48. The highest BCUT2D eigenvalue weighted by molar-refractivity contribution is 7.80. The molecule has 2 aliphatic rings. The number of anilines is 1. The van der Waals surface area contributed by atoms with Crippen LogP contribution in [0.5, 0.6) is 0 Å². The van der Waals surface area contributed by atoms with E-state index in [1.165, 1.54) is 5.56 Å². The van der Waals surface area contributed by atoms with Crippen LogP contribution in [0.15, 0.2) is 53.5 Å². The molecular formula is C23H27ClN4O2S. The molecule has 0 radical (unpaired) electrons. The fourth-order valence-electron chi connectivity index (χ4n) is 3.58. The number of aliphatic imine (C=N–C) groups is 1. The lowest BCUT2D eigenvalue weighted by Crippen LogP contribution is -2.56. The molecule has 164 valence electrons. The van der Waals surface area contributed by atoms with E-state index in [1.807, 2.05) is 24.3 Å². The van der Waals surface area contributed by atoms with E-state index in [-0.39, 0.29) is 0 Å². The number of morpholine rings is 2. The van der Waals surface area contributed by atoms with Gasteiger partial charge < -0.3 is 19.3 Å². The van der Waals surface area contributed by atoms with Gasteiger partial charge in [-0.25, -0.2) is 4.99 Å². The molecule has 0 N–H and O–H groups in total. The first-order valence-corrected chi connectivity index (χ1v) is 11.3. The summed E-state index contributed by atoms with van der Waals surface area (Å²) in [5.41, 5.74) is 2.88. The van der Waals surface area contributed by atoms with Crippen molar-refractivity contribution in [1.29, 1.82) is 0 Å². The Morgan fingerprint density at radius 2 is 1.48 bits per heavy atom. The van der Waals surface area contributed by atoms with Crippen LogP contribution in [-0.4, -0.2) is 73.5 Å². The van der Waals surface area contributed by atoms with Gasteiger partial charge in [-0.2, -0.15) is 0 Å². The van der Waals surface area contributed by atoms with Gasteiger partial charge >= 0.3 is 0 Å². The molecule has 0 aliphatic carbocycles. The molecule has 2 heterocycles. The zero-order valence-electron chi connectivity index (χ0n) is 17.7. The minimum absolute atomic E-state index is 0.606. The van der Waals surface area contributed by atoms with Crippen LogP contribution >= 0.6 is 23.8 Å². The molecule has 31 heavy (non-hydrogen) atoms. The molecule has 0 atom stereocenters. The van der Waals surface area contributed by atoms with Gasteiger partial charge in [0.2, 0.25) is 5.96 Å². The van der Waals surface area contributed by atoms with Crippen LogP contribution in [0.3, 0.4) is 0 Å². The number of benzene rings is 2. The molecule has 4 rings (SSSR count). The van der Waals surface area contributed by atoms with Gasteiger partial charge in [0.25, 0.3) is 0 Å². The number of halogens is 1. The Morgan fingerprint density at radius 1 is 0.903 bits per heavy atom. The molecule has 6 nitrogen and oxygen atoms in total. The van der Waals surface area contributed by atoms with Crippen molar-refractivity contribution in [2.75, 3.05) is 57.5 Å². The van der Waals surface area contributed by atoms with Gasteiger partial charge in [0, 0.05) is 26.2 Å². The van der Waals surface area contributed by atoms with E-state index in [1.54, 1.807) is 0 Å². The summed E-state index contributed by atoms with van der Waals surface area (Å²) in [5.74, 6) is 0.761. The Kier molecular flexibility index (Phi) is 7.40. The summed E-state index contributed by atoms with van der Waals surface area (Å²) < 4.78 is 11.1. The largest absolute Gasteiger partial charge is 0.378 e. The molecule has 2 aromatic carbocycles. The first-order chi connectivity index (χ1) is 15.1. The van der Waals surface area contributed by atoms with E-state index in [9.17, 15) is 0 Å². The van der Waals surface area contributed by atoms with Gasteiger partial charge in [-0.3, -0.25) is 4.90 Å². The third-order valence-corrected chi connectivity index (χ3v) is 6.09. The fourth-order valence-corrected chi connectivity index (χ4v) is 4.12. The average molecular weight is 459 g/mol. The van der Waals surface area contributed by atoms with Gasteiger partial charge in [-0.1, -0.05) is 41.4 Å². The van der Waals surface area contributed by atoms with E-state index >= 15 is 0 Å². The molecule has 0 spiro atoms. The third kappa shape index (κ3) is 5.36. The van der Waals surface area contributed by atoms with Crippen molar-refractivity contribution in [3.63, 3.8) is 0 Å². The number of nitrogens with zero attached hydrogens (tertiary/aromatic N) is 4. The summed E-state index contributed by atoms with van der Waals surface area (Å²) in [6.07, 6.45) is 0. The van der Waals surface area contributed by atoms with Gasteiger partial charge in [0.1, 0.15) is 0 Å². The second-order valence-corrected chi connectivity index (χ2v) is 8.29. The smallest absolute Gasteiger partial charge is 0.213 e. The number of hydrogen-bond acceptors (Lipinski definition) is 4. The molecule has 0 saturated carbocycles. The second-order valence-electron chi connectivity index (χ2n) is 7.52. The number of thiocarbonyl (C=S) groups is 1. The van der Waals surface area contributed by atoms with Gasteiger partial charge in [0.05, 0.1) is 42.8 Å². The quantitative estimate of drug-likeness (QED) is 0.383. The Hall–Kier alpha value is -2.19. The molecule has 0 unspecified atom stereocenters. The van der Waals surface area contributed by atoms with Crippen LogP contribution in [0.2, 0.25) is 5.02 Å². The van der Waals surface area contributed by atoms with E-state index in [0.29, 0.717) is 42.2 Å². The van der Waals surface area contributed by atoms with Crippen LogP contribution in [0.25, 0.3) is 0 Å². The van der Waals surface area contributed by atoms with Crippen LogP contribution in [-0.2, 0) is 9.47 Å². The maximum Gasteiger partial charge on any atom is 0.213 e. The highest BCUT2D eigenvalue weighted by atomic mass is 35.5. The Labute approximate surface area is 194 Å². The molecule has 0 amide bonds. The first kappa shape index (κ1) is 22.0. The molecule has 2 aliphatic heterocycles. The second kappa shape index (κ2) is 10.4. The Morgan fingerprint density at radius 3 is 2.10 bits per heavy atom. The monoisotopic (exact) mass is 458 g/mol. The van der Waals surface area contributed by atoms with Crippen molar-refractivity contribution in [2.45, 2.75) is 6.92 Å². The summed E-state index contributed by atoms with van der Waals surface area (Å²) in [4.78, 5) is 11.5. The topological polar surface area (TPSA) is 40.5 Å². The summed E-state index contributed by atoms with van der Waals surface area (Å²) in [6, 6.07) is 16.0. The standard InChI is InChI=1S/C23H27ClN4O2S/c1-18-6-8-19(9-7-18)28(23(31)27-12-16-30-17-13-27)22(26-10-14-29-15-11-26)25-21-5-3-2-4-20(21)24/h2-9H,10-17H2,1H3. The molecule has 0 aromatic heterocycles. The van der Waals surface area contributed by atoms with Crippen molar-refractivity contribution >= 4 is 46.3 Å². The summed E-state index contributed by atoms with van der Waals surface area (Å²) in [7, 11) is 0. The number of rotatable bonds is 2. The number of ether oxygens (including phenoxy) is 2. The van der Waals surface area contributed by atoms with Crippen LogP contribution in [0, 0.1) is 6.92 Å². The van der Waals surface area contributed by atoms with Crippen molar-refractivity contribution in [2.24, 2.45) is 4.99 Å². The van der Waals surface area contributed by atoms with Gasteiger partial charge in [-0.05, 0) is 43.4 Å². The fraction of sp³-hybridized carbons (Fsp3) is 0.391. The molecule has 2 aromatic rings. The molecule has 0 bridgehead atoms. The number of para-hydroxylation sites is 1. The lowest BCUT2D eigenvalue weighted by Gasteiger charge is -2.40. The number of hydrogen-bond donors (Lipinski definition) is 0. The third-order valence-electron chi connectivity index (χ3n) is 5.33. The average Bonchev–Trinajstić information content (AvgIpc) is 2.82. The van der Waals surface area contributed by atoms with Crippen molar-refractivity contribution in [3.05, 3.63) is 59.1 Å². The Balaban J connectivity index is 1.81. The predicted octanol–water partition coefficient (Wildman–Crippen LogP) is 4.09. The van der Waals surface area contributed by atoms with E-state index in [4.69, 9.17) is 38.3 Å². The highest BCUT2D eigenvalue weighted by Gasteiger charge is 2.29. The van der Waals surface area contributed by atoms with Crippen molar-refractivity contribution in [1.82, 2.24) is 9.80 Å².